The second-order valence-corrected chi connectivity index (χ2v) is 5.68. The first-order valence-electron chi connectivity index (χ1n) is 7.30. The van der Waals surface area contributed by atoms with Crippen LogP contribution in [0.15, 0.2) is 18.3 Å². The minimum Gasteiger partial charge on any atom is -0.354 e. The van der Waals surface area contributed by atoms with Gasteiger partial charge in [0.1, 0.15) is 5.82 Å². The Labute approximate surface area is 118 Å². The molecule has 0 spiro atoms. The predicted molar refractivity (Wildman–Crippen MR) is 76.9 cm³/mol. The normalized spacial score (nSPS) is 28.4. The molecule has 2 aliphatic heterocycles. The van der Waals surface area contributed by atoms with E-state index in [2.05, 4.69) is 22.1 Å². The number of piperidine rings is 1. The molecule has 0 saturated carbocycles. The van der Waals surface area contributed by atoms with E-state index in [1.54, 1.807) is 6.07 Å². The lowest BCUT2D eigenvalue weighted by atomic mass is 9.98. The number of nitrogens with one attached hydrogen (secondary N) is 1. The summed E-state index contributed by atoms with van der Waals surface area (Å²) >= 11 is 0. The van der Waals surface area contributed by atoms with Gasteiger partial charge < -0.3 is 10.2 Å². The van der Waals surface area contributed by atoms with Crippen molar-refractivity contribution in [3.63, 3.8) is 0 Å². The van der Waals surface area contributed by atoms with Crippen LogP contribution in [-0.4, -0.2) is 34.6 Å². The summed E-state index contributed by atoms with van der Waals surface area (Å²) < 4.78 is 0. The molecular formula is C14H20N4O2. The number of pyridine rings is 1. The molecule has 1 N–H and O–H groups in total. The Balaban J connectivity index is 1.82. The van der Waals surface area contributed by atoms with Gasteiger partial charge in [-0.25, -0.2) is 4.98 Å². The number of fused-ring (bicyclic) bond motifs is 2. The van der Waals surface area contributed by atoms with Crippen molar-refractivity contribution in [1.82, 2.24) is 10.3 Å². The first-order chi connectivity index (χ1) is 9.67. The predicted octanol–water partition coefficient (Wildman–Crippen LogP) is 2.10. The van der Waals surface area contributed by atoms with Gasteiger partial charge in [-0.3, -0.25) is 10.1 Å². The number of rotatable bonds is 4. The molecule has 2 bridgehead atoms. The fourth-order valence-electron chi connectivity index (χ4n) is 3.57. The molecule has 2 unspecified atom stereocenters. The Morgan fingerprint density at radius 3 is 2.75 bits per heavy atom. The molecule has 1 aromatic heterocycles. The summed E-state index contributed by atoms with van der Waals surface area (Å²) in [6, 6.07) is 4.68. The Kier molecular flexibility index (Phi) is 3.56. The van der Waals surface area contributed by atoms with Crippen molar-refractivity contribution in [2.24, 2.45) is 0 Å². The fraction of sp³-hybridized carbons (Fsp3) is 0.643. The molecule has 2 fully saturated rings. The highest BCUT2D eigenvalue weighted by Gasteiger charge is 2.36. The lowest BCUT2D eigenvalue weighted by Gasteiger charge is -2.37. The highest BCUT2D eigenvalue weighted by molar-refractivity contribution is 5.47. The van der Waals surface area contributed by atoms with E-state index in [1.807, 2.05) is 0 Å². The Morgan fingerprint density at radius 1 is 1.45 bits per heavy atom. The van der Waals surface area contributed by atoms with Gasteiger partial charge in [-0.15, -0.1) is 0 Å². The number of anilines is 1. The number of nitro groups is 1. The van der Waals surface area contributed by atoms with Crippen LogP contribution < -0.4 is 10.2 Å². The van der Waals surface area contributed by atoms with Gasteiger partial charge in [-0.2, -0.15) is 0 Å². The Bertz CT molecular complexity index is 496. The molecule has 0 radical (unpaired) electrons. The van der Waals surface area contributed by atoms with Crippen molar-refractivity contribution in [1.29, 1.82) is 0 Å². The third kappa shape index (κ3) is 2.47. The van der Waals surface area contributed by atoms with Gasteiger partial charge in [-0.1, -0.05) is 0 Å². The number of aromatic nitrogens is 1. The average Bonchev–Trinajstić information content (AvgIpc) is 2.79. The van der Waals surface area contributed by atoms with Gasteiger partial charge in [0.05, 0.1) is 11.0 Å². The largest absolute Gasteiger partial charge is 0.354 e. The first-order valence-corrected chi connectivity index (χ1v) is 7.30. The highest BCUT2D eigenvalue weighted by atomic mass is 16.6. The van der Waals surface area contributed by atoms with E-state index in [1.165, 1.54) is 25.1 Å². The molecule has 0 aromatic carbocycles. The molecule has 6 nitrogen and oxygen atoms in total. The van der Waals surface area contributed by atoms with Gasteiger partial charge in [0.25, 0.3) is 5.69 Å². The fourth-order valence-corrected chi connectivity index (χ4v) is 3.57. The van der Waals surface area contributed by atoms with Crippen molar-refractivity contribution < 1.29 is 4.92 Å². The zero-order chi connectivity index (χ0) is 14.1. The van der Waals surface area contributed by atoms with Crippen LogP contribution in [0.3, 0.4) is 0 Å². The van der Waals surface area contributed by atoms with E-state index >= 15 is 0 Å². The van der Waals surface area contributed by atoms with Gasteiger partial charge in [0.2, 0.25) is 0 Å². The number of hydrogen-bond acceptors (Lipinski definition) is 5. The smallest absolute Gasteiger partial charge is 0.274 e. The second kappa shape index (κ2) is 5.36. The lowest BCUT2D eigenvalue weighted by molar-refractivity contribution is -0.384. The molecule has 108 valence electrons. The standard InChI is InChI=1S/C14H20N4O2/c1-2-17(13-7-10-3-4-11(8-13)16-10)14-9-12(18(19)20)5-6-15-14/h5-6,9-11,13,16H,2-4,7-8H2,1H3. The maximum atomic E-state index is 10.9. The maximum absolute atomic E-state index is 10.9. The zero-order valence-corrected chi connectivity index (χ0v) is 11.7. The first kappa shape index (κ1) is 13.3. The summed E-state index contributed by atoms with van der Waals surface area (Å²) in [5.74, 6) is 0.730. The van der Waals surface area contributed by atoms with Crippen LogP contribution in [0.2, 0.25) is 0 Å². The summed E-state index contributed by atoms with van der Waals surface area (Å²) in [5, 5.41) is 14.5. The monoisotopic (exact) mass is 276 g/mol. The third-order valence-electron chi connectivity index (χ3n) is 4.46. The van der Waals surface area contributed by atoms with Crippen LogP contribution in [0.5, 0.6) is 0 Å². The molecule has 6 heteroatoms. The Hall–Kier alpha value is -1.69. The van der Waals surface area contributed by atoms with Crippen molar-refractivity contribution in [3.05, 3.63) is 28.4 Å². The van der Waals surface area contributed by atoms with Gasteiger partial charge in [0, 0.05) is 36.9 Å². The van der Waals surface area contributed by atoms with E-state index in [-0.39, 0.29) is 10.6 Å². The molecule has 0 aliphatic carbocycles. The molecule has 2 saturated heterocycles. The molecular weight excluding hydrogens is 256 g/mol. The topological polar surface area (TPSA) is 71.3 Å². The van der Waals surface area contributed by atoms with Crippen molar-refractivity contribution >= 4 is 11.5 Å². The summed E-state index contributed by atoms with van der Waals surface area (Å²) in [6.45, 7) is 2.92. The molecule has 2 aliphatic rings. The van der Waals surface area contributed by atoms with Crippen molar-refractivity contribution in [3.8, 4) is 0 Å². The minimum atomic E-state index is -0.356. The summed E-state index contributed by atoms with van der Waals surface area (Å²) in [5.41, 5.74) is 0.116. The molecule has 3 heterocycles. The summed E-state index contributed by atoms with van der Waals surface area (Å²) in [6.07, 6.45) is 6.25. The summed E-state index contributed by atoms with van der Waals surface area (Å²) in [7, 11) is 0. The number of nitrogens with zero attached hydrogens (tertiary/aromatic N) is 3. The molecule has 0 amide bonds. The highest BCUT2D eigenvalue weighted by Crippen LogP contribution is 2.32. The van der Waals surface area contributed by atoms with Crippen LogP contribution >= 0.6 is 0 Å². The van der Waals surface area contributed by atoms with E-state index in [9.17, 15) is 10.1 Å². The van der Waals surface area contributed by atoms with E-state index in [0.717, 1.165) is 25.2 Å². The van der Waals surface area contributed by atoms with Gasteiger partial charge in [0.15, 0.2) is 0 Å². The van der Waals surface area contributed by atoms with E-state index in [0.29, 0.717) is 18.1 Å². The number of hydrogen-bond donors (Lipinski definition) is 1. The van der Waals surface area contributed by atoms with E-state index < -0.39 is 0 Å². The van der Waals surface area contributed by atoms with Crippen LogP contribution in [0.25, 0.3) is 0 Å². The van der Waals surface area contributed by atoms with Crippen LogP contribution in [-0.2, 0) is 0 Å². The van der Waals surface area contributed by atoms with Crippen molar-refractivity contribution in [2.45, 2.75) is 50.7 Å². The molecule has 2 atom stereocenters. The molecule has 1 aromatic rings. The van der Waals surface area contributed by atoms with Crippen LogP contribution in [0, 0.1) is 10.1 Å². The zero-order valence-electron chi connectivity index (χ0n) is 11.7. The summed E-state index contributed by atoms with van der Waals surface area (Å²) in [4.78, 5) is 17.1. The quantitative estimate of drug-likeness (QED) is 0.673. The van der Waals surface area contributed by atoms with Gasteiger partial charge in [-0.05, 0) is 32.6 Å². The molecule has 3 rings (SSSR count). The lowest BCUT2D eigenvalue weighted by Crippen LogP contribution is -2.48. The average molecular weight is 276 g/mol. The van der Waals surface area contributed by atoms with Gasteiger partial charge >= 0.3 is 0 Å². The third-order valence-corrected chi connectivity index (χ3v) is 4.46. The SMILES string of the molecule is CCN(c1cc([N+](=O)[O-])ccn1)C1CC2CCC(C1)N2. The Morgan fingerprint density at radius 2 is 2.15 bits per heavy atom. The maximum Gasteiger partial charge on any atom is 0.274 e. The van der Waals surface area contributed by atoms with Crippen LogP contribution in [0.4, 0.5) is 11.5 Å². The second-order valence-electron chi connectivity index (χ2n) is 5.68. The van der Waals surface area contributed by atoms with Crippen LogP contribution in [0.1, 0.15) is 32.6 Å². The van der Waals surface area contributed by atoms with Crippen molar-refractivity contribution in [2.75, 3.05) is 11.4 Å². The molecule has 20 heavy (non-hydrogen) atoms. The minimum absolute atomic E-state index is 0.116. The van der Waals surface area contributed by atoms with E-state index in [4.69, 9.17) is 0 Å².